The van der Waals surface area contributed by atoms with Gasteiger partial charge in [-0.05, 0) is 58.9 Å². The Kier molecular flexibility index (Phi) is 8.18. The molecule has 0 aromatic heterocycles. The van der Waals surface area contributed by atoms with Gasteiger partial charge in [0.2, 0.25) is 0 Å². The van der Waals surface area contributed by atoms with Crippen LogP contribution < -0.4 is 5.32 Å². The minimum absolute atomic E-state index is 0.180. The predicted molar refractivity (Wildman–Crippen MR) is 89.1 cm³/mol. The standard InChI is InChI=1S/C17H34N2O3/c1-6-10-18-15(8-7-12-21-5)14-9-11-19(13-14)16(20)22-17(2,3)4/h14-15,18H,6-13H2,1-5H3. The number of methoxy groups -OCH3 is 1. The third kappa shape index (κ3) is 6.97. The van der Waals surface area contributed by atoms with Crippen molar-refractivity contribution in [2.75, 3.05) is 33.4 Å². The number of hydrogen-bond donors (Lipinski definition) is 1. The van der Waals surface area contributed by atoms with E-state index in [-0.39, 0.29) is 6.09 Å². The van der Waals surface area contributed by atoms with E-state index in [2.05, 4.69) is 12.2 Å². The molecule has 0 spiro atoms. The molecule has 22 heavy (non-hydrogen) atoms. The first-order valence-corrected chi connectivity index (χ1v) is 8.57. The lowest BCUT2D eigenvalue weighted by molar-refractivity contribution is 0.0285. The molecule has 2 unspecified atom stereocenters. The van der Waals surface area contributed by atoms with E-state index in [0.717, 1.165) is 51.9 Å². The number of carbonyl (C=O) groups excluding carboxylic acids is 1. The molecule has 1 fully saturated rings. The fraction of sp³-hybridized carbons (Fsp3) is 0.941. The molecule has 1 heterocycles. The van der Waals surface area contributed by atoms with E-state index < -0.39 is 5.60 Å². The zero-order valence-corrected chi connectivity index (χ0v) is 15.0. The van der Waals surface area contributed by atoms with Crippen molar-refractivity contribution < 1.29 is 14.3 Å². The molecule has 2 atom stereocenters. The fourth-order valence-corrected chi connectivity index (χ4v) is 2.89. The Balaban J connectivity index is 2.49. The average molecular weight is 314 g/mol. The lowest BCUT2D eigenvalue weighted by Gasteiger charge is -2.27. The van der Waals surface area contributed by atoms with Gasteiger partial charge in [-0.2, -0.15) is 0 Å². The summed E-state index contributed by atoms with van der Waals surface area (Å²) in [6, 6.07) is 0.461. The second-order valence-electron chi connectivity index (χ2n) is 7.17. The first-order chi connectivity index (χ1) is 10.4. The maximum Gasteiger partial charge on any atom is 0.410 e. The van der Waals surface area contributed by atoms with Crippen LogP contribution in [0.15, 0.2) is 0 Å². The fourth-order valence-electron chi connectivity index (χ4n) is 2.89. The molecule has 1 aliphatic rings. The van der Waals surface area contributed by atoms with Crippen molar-refractivity contribution >= 4 is 6.09 Å². The predicted octanol–water partition coefficient (Wildman–Crippen LogP) is 3.04. The van der Waals surface area contributed by atoms with E-state index >= 15 is 0 Å². The quantitative estimate of drug-likeness (QED) is 0.700. The molecule has 0 bridgehead atoms. The molecule has 5 heteroatoms. The minimum Gasteiger partial charge on any atom is -0.444 e. The van der Waals surface area contributed by atoms with Crippen LogP contribution in [0.25, 0.3) is 0 Å². The van der Waals surface area contributed by atoms with Gasteiger partial charge in [-0.3, -0.25) is 0 Å². The molecule has 0 aliphatic carbocycles. The van der Waals surface area contributed by atoms with Gasteiger partial charge < -0.3 is 19.7 Å². The number of rotatable bonds is 8. The third-order valence-corrected chi connectivity index (χ3v) is 3.97. The minimum atomic E-state index is -0.423. The third-order valence-electron chi connectivity index (χ3n) is 3.97. The van der Waals surface area contributed by atoms with Gasteiger partial charge >= 0.3 is 6.09 Å². The summed E-state index contributed by atoms with van der Waals surface area (Å²) in [5.41, 5.74) is -0.423. The van der Waals surface area contributed by atoms with E-state index in [9.17, 15) is 4.79 Å². The van der Waals surface area contributed by atoms with E-state index in [1.165, 1.54) is 0 Å². The summed E-state index contributed by atoms with van der Waals surface area (Å²) in [5, 5.41) is 3.64. The Bertz CT molecular complexity index is 328. The highest BCUT2D eigenvalue weighted by Gasteiger charge is 2.33. The van der Waals surface area contributed by atoms with Crippen LogP contribution in [0.1, 0.15) is 53.4 Å². The van der Waals surface area contributed by atoms with Crippen molar-refractivity contribution in [3.63, 3.8) is 0 Å². The zero-order valence-electron chi connectivity index (χ0n) is 15.0. The van der Waals surface area contributed by atoms with Crippen LogP contribution in [0.3, 0.4) is 0 Å². The molecule has 0 saturated carbocycles. The highest BCUT2D eigenvalue weighted by Crippen LogP contribution is 2.24. The average Bonchev–Trinajstić information content (AvgIpc) is 2.90. The number of nitrogens with zero attached hydrogens (tertiary/aromatic N) is 1. The molecule has 5 nitrogen and oxygen atoms in total. The molecule has 1 saturated heterocycles. The smallest absolute Gasteiger partial charge is 0.410 e. The molecule has 1 amide bonds. The topological polar surface area (TPSA) is 50.8 Å². The Hall–Kier alpha value is -0.810. The van der Waals surface area contributed by atoms with Crippen molar-refractivity contribution in [2.45, 2.75) is 65.0 Å². The molecule has 0 radical (unpaired) electrons. The van der Waals surface area contributed by atoms with Gasteiger partial charge in [0.15, 0.2) is 0 Å². The highest BCUT2D eigenvalue weighted by molar-refractivity contribution is 5.68. The van der Waals surface area contributed by atoms with Crippen LogP contribution in [-0.4, -0.2) is 56.0 Å². The lowest BCUT2D eigenvalue weighted by Crippen LogP contribution is -2.40. The molecular weight excluding hydrogens is 280 g/mol. The van der Waals surface area contributed by atoms with Crippen LogP contribution >= 0.6 is 0 Å². The summed E-state index contributed by atoms with van der Waals surface area (Å²) in [6.07, 6.45) is 4.15. The largest absolute Gasteiger partial charge is 0.444 e. The molecule has 1 N–H and O–H groups in total. The van der Waals surface area contributed by atoms with Crippen molar-refractivity contribution in [2.24, 2.45) is 5.92 Å². The summed E-state index contributed by atoms with van der Waals surface area (Å²) < 4.78 is 10.6. The summed E-state index contributed by atoms with van der Waals surface area (Å²) in [4.78, 5) is 14.0. The molecule has 1 rings (SSSR count). The van der Waals surface area contributed by atoms with Crippen molar-refractivity contribution in [3.8, 4) is 0 Å². The van der Waals surface area contributed by atoms with Gasteiger partial charge in [0.25, 0.3) is 0 Å². The van der Waals surface area contributed by atoms with Crippen molar-refractivity contribution in [3.05, 3.63) is 0 Å². The maximum absolute atomic E-state index is 12.2. The first kappa shape index (κ1) is 19.2. The van der Waals surface area contributed by atoms with Crippen LogP contribution in [0.2, 0.25) is 0 Å². The number of amides is 1. The SMILES string of the molecule is CCCNC(CCCOC)C1CCN(C(=O)OC(C)(C)C)C1. The zero-order chi connectivity index (χ0) is 16.6. The summed E-state index contributed by atoms with van der Waals surface area (Å²) in [5.74, 6) is 0.510. The number of hydrogen-bond acceptors (Lipinski definition) is 4. The van der Waals surface area contributed by atoms with Gasteiger partial charge in [-0.25, -0.2) is 4.79 Å². The van der Waals surface area contributed by atoms with Crippen molar-refractivity contribution in [1.82, 2.24) is 10.2 Å². The Labute approximate surface area is 135 Å². The Morgan fingerprint density at radius 2 is 2.14 bits per heavy atom. The molecule has 0 aromatic rings. The van der Waals surface area contributed by atoms with Crippen LogP contribution in [0.5, 0.6) is 0 Å². The van der Waals surface area contributed by atoms with E-state index in [4.69, 9.17) is 9.47 Å². The van der Waals surface area contributed by atoms with Gasteiger partial charge in [0, 0.05) is 32.8 Å². The number of nitrogens with one attached hydrogen (secondary N) is 1. The van der Waals surface area contributed by atoms with Crippen LogP contribution in [-0.2, 0) is 9.47 Å². The second-order valence-corrected chi connectivity index (χ2v) is 7.17. The highest BCUT2D eigenvalue weighted by atomic mass is 16.6. The van der Waals surface area contributed by atoms with Crippen LogP contribution in [0.4, 0.5) is 4.79 Å². The molecular formula is C17H34N2O3. The normalized spacial score (nSPS) is 20.2. The number of ether oxygens (including phenoxy) is 2. The Morgan fingerprint density at radius 3 is 2.73 bits per heavy atom. The molecule has 1 aliphatic heterocycles. The lowest BCUT2D eigenvalue weighted by atomic mass is 9.94. The number of carbonyl (C=O) groups is 1. The van der Waals surface area contributed by atoms with E-state index in [1.54, 1.807) is 7.11 Å². The maximum atomic E-state index is 12.2. The monoisotopic (exact) mass is 314 g/mol. The van der Waals surface area contributed by atoms with E-state index in [0.29, 0.717) is 12.0 Å². The van der Waals surface area contributed by atoms with Gasteiger partial charge in [-0.15, -0.1) is 0 Å². The Morgan fingerprint density at radius 1 is 1.41 bits per heavy atom. The first-order valence-electron chi connectivity index (χ1n) is 8.57. The summed E-state index contributed by atoms with van der Waals surface area (Å²) >= 11 is 0. The summed E-state index contributed by atoms with van der Waals surface area (Å²) in [7, 11) is 1.74. The van der Waals surface area contributed by atoms with Crippen molar-refractivity contribution in [1.29, 1.82) is 0 Å². The summed E-state index contributed by atoms with van der Waals surface area (Å²) in [6.45, 7) is 11.3. The van der Waals surface area contributed by atoms with Gasteiger partial charge in [0.1, 0.15) is 5.60 Å². The van der Waals surface area contributed by atoms with Crippen LogP contribution in [0, 0.1) is 5.92 Å². The second kappa shape index (κ2) is 9.36. The van der Waals surface area contributed by atoms with Gasteiger partial charge in [0.05, 0.1) is 0 Å². The number of likely N-dealkylation sites (tertiary alicyclic amines) is 1. The van der Waals surface area contributed by atoms with Gasteiger partial charge in [-0.1, -0.05) is 6.92 Å². The molecule has 130 valence electrons. The molecule has 0 aromatic carbocycles. The van der Waals surface area contributed by atoms with E-state index in [1.807, 2.05) is 25.7 Å².